The molecule has 198 valence electrons. The molecule has 0 bridgehead atoms. The van der Waals surface area contributed by atoms with E-state index < -0.39 is 47.5 Å². The highest BCUT2D eigenvalue weighted by molar-refractivity contribution is 5.22. The number of aliphatic hydroxyl groups excluding tert-OH is 5. The predicted octanol–water partition coefficient (Wildman–Crippen LogP) is 2.71. The smallest absolute Gasteiger partial charge is 0.101 e. The van der Waals surface area contributed by atoms with E-state index in [4.69, 9.17) is 0 Å². The van der Waals surface area contributed by atoms with Gasteiger partial charge in [0.2, 0.25) is 0 Å². The molecule has 0 saturated heterocycles. The van der Waals surface area contributed by atoms with Crippen molar-refractivity contribution >= 4 is 0 Å². The van der Waals surface area contributed by atoms with E-state index in [-0.39, 0.29) is 42.4 Å². The Labute approximate surface area is 205 Å². The summed E-state index contributed by atoms with van der Waals surface area (Å²) in [6.07, 6.45) is -0.426. The molecule has 14 atom stereocenters. The fraction of sp³-hybridized carbons (Fsp3) is 1.00. The Morgan fingerprint density at radius 3 is 2.03 bits per heavy atom. The maximum absolute atomic E-state index is 11.7. The molecule has 6 heteroatoms. The zero-order valence-electron chi connectivity index (χ0n) is 22.1. The summed E-state index contributed by atoms with van der Waals surface area (Å²) in [5.41, 5.74) is -3.07. The minimum absolute atomic E-state index is 0.00412. The second-order valence-corrected chi connectivity index (χ2v) is 13.7. The molecule has 0 radical (unpaired) electrons. The van der Waals surface area contributed by atoms with E-state index in [1.54, 1.807) is 6.92 Å². The molecule has 6 nitrogen and oxygen atoms in total. The SMILES string of the molecule is CC(C)C(C)CCC(C)C1CC(O)C2C3CC(O)C4(O)CC(O)CC(O)C4(C)C3C(O)CC12C. The summed E-state index contributed by atoms with van der Waals surface area (Å²) in [5, 5.41) is 67.4. The van der Waals surface area contributed by atoms with Crippen LogP contribution >= 0.6 is 0 Å². The standard InChI is InChI=1S/C28H50O6/c1-14(2)15(3)7-8-16(4)19-11-20(30)24-18-10-23(33)28(34)12-17(29)9-22(32)27(28,6)25(18)21(31)13-26(19,24)5/h14-25,29-34H,7-13H2,1-6H3. The van der Waals surface area contributed by atoms with Crippen LogP contribution in [-0.2, 0) is 0 Å². The lowest BCUT2D eigenvalue weighted by Gasteiger charge is -2.67. The first-order valence-corrected chi connectivity index (χ1v) is 13.8. The highest BCUT2D eigenvalue weighted by Crippen LogP contribution is 2.69. The molecule has 0 heterocycles. The fourth-order valence-electron chi connectivity index (χ4n) is 9.50. The van der Waals surface area contributed by atoms with Crippen molar-refractivity contribution in [1.82, 2.24) is 0 Å². The Morgan fingerprint density at radius 1 is 0.765 bits per heavy atom. The first kappa shape index (κ1) is 26.8. The van der Waals surface area contributed by atoms with Gasteiger partial charge in [-0.3, -0.25) is 0 Å². The number of fused-ring (bicyclic) bond motifs is 5. The molecule has 4 saturated carbocycles. The van der Waals surface area contributed by atoms with Crippen LogP contribution in [0.3, 0.4) is 0 Å². The first-order chi connectivity index (χ1) is 15.7. The number of aliphatic hydroxyl groups is 6. The fourth-order valence-corrected chi connectivity index (χ4v) is 9.50. The van der Waals surface area contributed by atoms with Crippen LogP contribution in [0.2, 0.25) is 0 Å². The summed E-state index contributed by atoms with van der Waals surface area (Å²) in [6, 6.07) is 0. The van der Waals surface area contributed by atoms with Gasteiger partial charge >= 0.3 is 0 Å². The Hall–Kier alpha value is -0.240. The molecule has 6 N–H and O–H groups in total. The van der Waals surface area contributed by atoms with E-state index in [1.165, 1.54) is 0 Å². The van der Waals surface area contributed by atoms with Crippen LogP contribution in [0.5, 0.6) is 0 Å². The third-order valence-electron chi connectivity index (χ3n) is 11.8. The van der Waals surface area contributed by atoms with Crippen molar-refractivity contribution in [3.8, 4) is 0 Å². The molecule has 0 aliphatic heterocycles. The van der Waals surface area contributed by atoms with Crippen LogP contribution in [-0.4, -0.2) is 66.8 Å². The van der Waals surface area contributed by atoms with Gasteiger partial charge in [-0.25, -0.2) is 0 Å². The zero-order chi connectivity index (χ0) is 25.4. The molecule has 0 aromatic heterocycles. The molecule has 4 aliphatic carbocycles. The topological polar surface area (TPSA) is 121 Å². The normalized spacial score (nSPS) is 54.8. The lowest BCUT2D eigenvalue weighted by atomic mass is 9.40. The van der Waals surface area contributed by atoms with Crippen LogP contribution in [0.4, 0.5) is 0 Å². The van der Waals surface area contributed by atoms with Crippen molar-refractivity contribution in [2.24, 2.45) is 52.3 Å². The molecule has 14 unspecified atom stereocenters. The first-order valence-electron chi connectivity index (χ1n) is 13.8. The third kappa shape index (κ3) is 3.73. The predicted molar refractivity (Wildman–Crippen MR) is 131 cm³/mol. The van der Waals surface area contributed by atoms with Gasteiger partial charge in [0.1, 0.15) is 5.60 Å². The van der Waals surface area contributed by atoms with Crippen molar-refractivity contribution in [2.45, 2.75) is 123 Å². The summed E-state index contributed by atoms with van der Waals surface area (Å²) < 4.78 is 0. The van der Waals surface area contributed by atoms with E-state index >= 15 is 0 Å². The minimum Gasteiger partial charge on any atom is -0.393 e. The molecule has 4 aliphatic rings. The van der Waals surface area contributed by atoms with Gasteiger partial charge in [0.15, 0.2) is 0 Å². The third-order valence-corrected chi connectivity index (χ3v) is 11.8. The Balaban J connectivity index is 1.65. The molecule has 0 spiro atoms. The Morgan fingerprint density at radius 2 is 1.41 bits per heavy atom. The van der Waals surface area contributed by atoms with Gasteiger partial charge in [0, 0.05) is 11.8 Å². The molecule has 0 aromatic carbocycles. The lowest BCUT2D eigenvalue weighted by Crippen LogP contribution is -2.75. The molecule has 0 amide bonds. The largest absolute Gasteiger partial charge is 0.393 e. The van der Waals surface area contributed by atoms with Crippen LogP contribution in [0.25, 0.3) is 0 Å². The summed E-state index contributed by atoms with van der Waals surface area (Å²) in [7, 11) is 0. The molecule has 34 heavy (non-hydrogen) atoms. The Kier molecular flexibility index (Phi) is 7.06. The van der Waals surface area contributed by atoms with Gasteiger partial charge < -0.3 is 30.6 Å². The average molecular weight is 483 g/mol. The van der Waals surface area contributed by atoms with Crippen molar-refractivity contribution in [3.63, 3.8) is 0 Å². The number of rotatable bonds is 5. The van der Waals surface area contributed by atoms with Gasteiger partial charge in [0.25, 0.3) is 0 Å². The van der Waals surface area contributed by atoms with E-state index in [9.17, 15) is 30.6 Å². The van der Waals surface area contributed by atoms with Crippen molar-refractivity contribution < 1.29 is 30.6 Å². The van der Waals surface area contributed by atoms with E-state index in [1.807, 2.05) is 0 Å². The van der Waals surface area contributed by atoms with Crippen molar-refractivity contribution in [3.05, 3.63) is 0 Å². The zero-order valence-corrected chi connectivity index (χ0v) is 22.1. The number of hydrogen-bond donors (Lipinski definition) is 6. The molecular weight excluding hydrogens is 432 g/mol. The summed E-state index contributed by atoms with van der Waals surface area (Å²) in [4.78, 5) is 0. The van der Waals surface area contributed by atoms with E-state index in [2.05, 4.69) is 34.6 Å². The van der Waals surface area contributed by atoms with Gasteiger partial charge in [-0.2, -0.15) is 0 Å². The highest BCUT2D eigenvalue weighted by atomic mass is 16.4. The second kappa shape index (κ2) is 8.95. The maximum Gasteiger partial charge on any atom is 0.101 e. The average Bonchev–Trinajstić information content (AvgIpc) is 2.99. The van der Waals surface area contributed by atoms with Crippen LogP contribution in [0, 0.1) is 52.3 Å². The summed E-state index contributed by atoms with van der Waals surface area (Å²) in [5.74, 6) is 1.27. The lowest BCUT2D eigenvalue weighted by molar-refractivity contribution is -0.312. The van der Waals surface area contributed by atoms with Gasteiger partial charge in [-0.05, 0) is 72.5 Å². The van der Waals surface area contributed by atoms with Crippen molar-refractivity contribution in [1.29, 1.82) is 0 Å². The van der Waals surface area contributed by atoms with Crippen LogP contribution in [0.1, 0.15) is 86.5 Å². The van der Waals surface area contributed by atoms with E-state index in [0.717, 1.165) is 12.8 Å². The van der Waals surface area contributed by atoms with Crippen molar-refractivity contribution in [2.75, 3.05) is 0 Å². The molecule has 4 rings (SSSR count). The van der Waals surface area contributed by atoms with Crippen LogP contribution in [0.15, 0.2) is 0 Å². The van der Waals surface area contributed by atoms with Gasteiger partial charge in [-0.15, -0.1) is 0 Å². The second-order valence-electron chi connectivity index (χ2n) is 13.7. The Bertz CT molecular complexity index is 744. The number of hydrogen-bond acceptors (Lipinski definition) is 6. The molecule has 4 fully saturated rings. The van der Waals surface area contributed by atoms with E-state index in [0.29, 0.717) is 30.6 Å². The maximum atomic E-state index is 11.7. The van der Waals surface area contributed by atoms with Gasteiger partial charge in [0.05, 0.1) is 30.5 Å². The minimum atomic E-state index is -1.66. The quantitative estimate of drug-likeness (QED) is 0.358. The molecule has 0 aromatic rings. The summed E-state index contributed by atoms with van der Waals surface area (Å²) >= 11 is 0. The molecular formula is C28H50O6. The highest BCUT2D eigenvalue weighted by Gasteiger charge is 2.73. The monoisotopic (exact) mass is 482 g/mol. The summed E-state index contributed by atoms with van der Waals surface area (Å²) in [6.45, 7) is 13.1. The van der Waals surface area contributed by atoms with Crippen LogP contribution < -0.4 is 0 Å². The van der Waals surface area contributed by atoms with Gasteiger partial charge in [-0.1, -0.05) is 54.4 Å².